The van der Waals surface area contributed by atoms with Crippen LogP contribution in [0.5, 0.6) is 0 Å². The van der Waals surface area contributed by atoms with Crippen LogP contribution in [0.3, 0.4) is 0 Å². The molecule has 0 aliphatic heterocycles. The highest BCUT2D eigenvalue weighted by Gasteiger charge is 2.30. The van der Waals surface area contributed by atoms with Crippen molar-refractivity contribution in [2.75, 3.05) is 13.7 Å². The van der Waals surface area contributed by atoms with Crippen LogP contribution in [0.4, 0.5) is 4.79 Å². The normalized spacial score (nSPS) is 19.5. The quantitative estimate of drug-likeness (QED) is 0.681. The van der Waals surface area contributed by atoms with Crippen LogP contribution in [-0.2, 0) is 9.53 Å². The number of carbonyl (C=O) groups is 2. The minimum atomic E-state index is -0.957. The molecule has 0 saturated heterocycles. The molecule has 1 aliphatic rings. The molecular weight excluding hydrogens is 248 g/mol. The minimum Gasteiger partial charge on any atom is -0.480 e. The predicted octanol–water partition coefficient (Wildman–Crippen LogP) is 1.35. The maximum atomic E-state index is 11.7. The molecule has 0 heterocycles. The van der Waals surface area contributed by atoms with E-state index in [1.54, 1.807) is 7.11 Å². The molecule has 0 aromatic heterocycles. The summed E-state index contributed by atoms with van der Waals surface area (Å²) in [5.41, 5.74) is 0. The average Bonchev–Trinajstić information content (AvgIpc) is 2.42. The molecule has 2 unspecified atom stereocenters. The minimum absolute atomic E-state index is 0.0387. The second-order valence-electron chi connectivity index (χ2n) is 5.11. The summed E-state index contributed by atoms with van der Waals surface area (Å²) in [6.07, 6.45) is 4.87. The molecule has 6 nitrogen and oxygen atoms in total. The van der Waals surface area contributed by atoms with Crippen molar-refractivity contribution in [3.63, 3.8) is 0 Å². The van der Waals surface area contributed by atoms with Crippen molar-refractivity contribution in [2.45, 2.75) is 51.2 Å². The summed E-state index contributed by atoms with van der Waals surface area (Å²) in [7, 11) is 1.56. The van der Waals surface area contributed by atoms with Crippen LogP contribution < -0.4 is 10.6 Å². The van der Waals surface area contributed by atoms with Gasteiger partial charge >= 0.3 is 12.0 Å². The van der Waals surface area contributed by atoms with Crippen LogP contribution >= 0.6 is 0 Å². The zero-order valence-electron chi connectivity index (χ0n) is 11.6. The van der Waals surface area contributed by atoms with Crippen molar-refractivity contribution in [3.8, 4) is 0 Å². The molecule has 3 N–H and O–H groups in total. The lowest BCUT2D eigenvalue weighted by atomic mass is 9.84. The molecule has 1 aliphatic carbocycles. The maximum absolute atomic E-state index is 11.7. The van der Waals surface area contributed by atoms with Gasteiger partial charge in [-0.05, 0) is 25.7 Å². The molecule has 1 rings (SSSR count). The Morgan fingerprint density at radius 2 is 1.95 bits per heavy atom. The van der Waals surface area contributed by atoms with E-state index in [0.717, 1.165) is 32.1 Å². The molecule has 2 atom stereocenters. The molecule has 0 spiro atoms. The molecular formula is C13H24N2O4. The van der Waals surface area contributed by atoms with E-state index in [4.69, 9.17) is 4.74 Å². The SMILES string of the molecule is COC(C)CNC(=O)NC(C(=O)O)C1CCCCC1. The van der Waals surface area contributed by atoms with Crippen molar-refractivity contribution >= 4 is 12.0 Å². The van der Waals surface area contributed by atoms with Gasteiger partial charge in [0.25, 0.3) is 0 Å². The van der Waals surface area contributed by atoms with Gasteiger partial charge in [0.1, 0.15) is 6.04 Å². The summed E-state index contributed by atoms with van der Waals surface area (Å²) in [6.45, 7) is 2.19. The smallest absolute Gasteiger partial charge is 0.326 e. The Kier molecular flexibility index (Phi) is 6.62. The number of nitrogens with one attached hydrogen (secondary N) is 2. The first-order chi connectivity index (χ1) is 9.04. The van der Waals surface area contributed by atoms with Crippen LogP contribution in [0.25, 0.3) is 0 Å². The highest BCUT2D eigenvalue weighted by atomic mass is 16.5. The fourth-order valence-electron chi connectivity index (χ4n) is 2.36. The third kappa shape index (κ3) is 5.46. The van der Waals surface area contributed by atoms with E-state index >= 15 is 0 Å². The van der Waals surface area contributed by atoms with Gasteiger partial charge in [0.2, 0.25) is 0 Å². The summed E-state index contributed by atoms with van der Waals surface area (Å²) >= 11 is 0. The third-order valence-electron chi connectivity index (χ3n) is 3.63. The maximum Gasteiger partial charge on any atom is 0.326 e. The number of hydrogen-bond acceptors (Lipinski definition) is 3. The summed E-state index contributed by atoms with van der Waals surface area (Å²) in [4.78, 5) is 22.9. The number of hydrogen-bond donors (Lipinski definition) is 3. The monoisotopic (exact) mass is 272 g/mol. The first kappa shape index (κ1) is 15.8. The van der Waals surface area contributed by atoms with E-state index in [0.29, 0.717) is 6.54 Å². The van der Waals surface area contributed by atoms with Crippen molar-refractivity contribution in [3.05, 3.63) is 0 Å². The summed E-state index contributed by atoms with van der Waals surface area (Å²) in [5, 5.41) is 14.4. The topological polar surface area (TPSA) is 87.7 Å². The number of carbonyl (C=O) groups excluding carboxylic acids is 1. The van der Waals surface area contributed by atoms with Crippen molar-refractivity contribution in [1.82, 2.24) is 10.6 Å². The van der Waals surface area contributed by atoms with Gasteiger partial charge in [-0.1, -0.05) is 19.3 Å². The lowest BCUT2D eigenvalue weighted by Crippen LogP contribution is -2.51. The molecule has 110 valence electrons. The van der Waals surface area contributed by atoms with Crippen molar-refractivity contribution in [2.24, 2.45) is 5.92 Å². The first-order valence-electron chi connectivity index (χ1n) is 6.84. The molecule has 2 amide bonds. The molecule has 0 aromatic rings. The Balaban J connectivity index is 2.44. The van der Waals surface area contributed by atoms with Gasteiger partial charge in [-0.15, -0.1) is 0 Å². The van der Waals surface area contributed by atoms with Crippen molar-refractivity contribution < 1.29 is 19.4 Å². The van der Waals surface area contributed by atoms with E-state index < -0.39 is 18.0 Å². The standard InChI is InChI=1S/C13H24N2O4/c1-9(19-2)8-14-13(18)15-11(12(16)17)10-6-4-3-5-7-10/h9-11H,3-8H2,1-2H3,(H,16,17)(H2,14,15,18). The Morgan fingerprint density at radius 3 is 2.47 bits per heavy atom. The van der Waals surface area contributed by atoms with Crippen LogP contribution in [0.15, 0.2) is 0 Å². The molecule has 6 heteroatoms. The number of carboxylic acids is 1. The van der Waals surface area contributed by atoms with Gasteiger partial charge in [0.05, 0.1) is 6.10 Å². The lowest BCUT2D eigenvalue weighted by molar-refractivity contribution is -0.141. The zero-order valence-corrected chi connectivity index (χ0v) is 11.6. The van der Waals surface area contributed by atoms with E-state index in [1.807, 2.05) is 6.92 Å². The highest BCUT2D eigenvalue weighted by molar-refractivity contribution is 5.82. The Morgan fingerprint density at radius 1 is 1.32 bits per heavy atom. The number of methoxy groups -OCH3 is 1. The number of urea groups is 1. The van der Waals surface area contributed by atoms with E-state index in [1.165, 1.54) is 0 Å². The highest BCUT2D eigenvalue weighted by Crippen LogP contribution is 2.26. The Labute approximate surface area is 113 Å². The summed E-state index contributed by atoms with van der Waals surface area (Å²) < 4.78 is 5.01. The van der Waals surface area contributed by atoms with E-state index in [2.05, 4.69) is 10.6 Å². The van der Waals surface area contributed by atoms with Gasteiger partial charge in [-0.2, -0.15) is 0 Å². The van der Waals surface area contributed by atoms with Gasteiger partial charge < -0.3 is 20.5 Å². The number of aliphatic carboxylic acids is 1. The molecule has 1 fully saturated rings. The van der Waals surface area contributed by atoms with Crippen LogP contribution in [0.1, 0.15) is 39.0 Å². The number of amides is 2. The Hall–Kier alpha value is -1.30. The molecule has 0 radical (unpaired) electrons. The van der Waals surface area contributed by atoms with Gasteiger partial charge in [-0.3, -0.25) is 0 Å². The van der Waals surface area contributed by atoms with Crippen LogP contribution in [0.2, 0.25) is 0 Å². The van der Waals surface area contributed by atoms with Gasteiger partial charge in [0, 0.05) is 13.7 Å². The third-order valence-corrected chi connectivity index (χ3v) is 3.63. The average molecular weight is 272 g/mol. The summed E-state index contributed by atoms with van der Waals surface area (Å²) in [6, 6.07) is -1.24. The summed E-state index contributed by atoms with van der Waals surface area (Å²) in [5.74, 6) is -0.918. The first-order valence-corrected chi connectivity index (χ1v) is 6.84. The molecule has 0 aromatic carbocycles. The fraction of sp³-hybridized carbons (Fsp3) is 0.846. The predicted molar refractivity (Wildman–Crippen MR) is 71.0 cm³/mol. The number of carboxylic acid groups (broad SMARTS) is 1. The van der Waals surface area contributed by atoms with Crippen LogP contribution in [0, 0.1) is 5.92 Å². The number of rotatable bonds is 6. The van der Waals surface area contributed by atoms with Gasteiger partial charge in [-0.25, -0.2) is 9.59 Å². The lowest BCUT2D eigenvalue weighted by Gasteiger charge is -2.28. The van der Waals surface area contributed by atoms with Crippen LogP contribution in [-0.4, -0.2) is 42.9 Å². The zero-order chi connectivity index (χ0) is 14.3. The second-order valence-corrected chi connectivity index (χ2v) is 5.11. The van der Waals surface area contributed by atoms with Gasteiger partial charge in [0.15, 0.2) is 0 Å². The molecule has 1 saturated carbocycles. The van der Waals surface area contributed by atoms with E-state index in [-0.39, 0.29) is 12.0 Å². The second kappa shape index (κ2) is 7.99. The molecule has 19 heavy (non-hydrogen) atoms. The van der Waals surface area contributed by atoms with E-state index in [9.17, 15) is 14.7 Å². The number of ether oxygens (including phenoxy) is 1. The molecule has 0 bridgehead atoms. The Bertz CT molecular complexity index is 303. The largest absolute Gasteiger partial charge is 0.480 e. The fourth-order valence-corrected chi connectivity index (χ4v) is 2.36. The van der Waals surface area contributed by atoms with Crippen molar-refractivity contribution in [1.29, 1.82) is 0 Å².